The number of hydrogen-bond acceptors (Lipinski definition) is 4. The molecule has 1 heterocycles. The van der Waals surface area contributed by atoms with Gasteiger partial charge in [0, 0.05) is 21.2 Å². The zero-order valence-electron chi connectivity index (χ0n) is 4.63. The van der Waals surface area contributed by atoms with Gasteiger partial charge in [-0.25, -0.2) is 4.99 Å². The van der Waals surface area contributed by atoms with Crippen LogP contribution in [0.2, 0.25) is 0 Å². The van der Waals surface area contributed by atoms with Crippen molar-refractivity contribution in [3.8, 4) is 0 Å². The Kier molecular flexibility index (Phi) is 3.19. The minimum Gasteiger partial charge on any atom is -0.377 e. The molecule has 6 heteroatoms. The molecule has 1 atom stereocenters. The fourth-order valence-corrected chi connectivity index (χ4v) is 7.09. The summed E-state index contributed by atoms with van der Waals surface area (Å²) in [6, 6.07) is 0. The number of thioether (sulfide) groups is 1. The van der Waals surface area contributed by atoms with Gasteiger partial charge in [0.2, 0.25) is 0 Å². The first-order valence-electron chi connectivity index (χ1n) is 2.08. The minimum absolute atomic E-state index is 0.197. The second-order valence-corrected chi connectivity index (χ2v) is 9.63. The summed E-state index contributed by atoms with van der Waals surface area (Å²) in [6.45, 7) is 0.197. The van der Waals surface area contributed by atoms with Gasteiger partial charge in [0.25, 0.3) is 0 Å². The maximum Gasteiger partial charge on any atom is 0.171 e. The Labute approximate surface area is 76.3 Å². The topological polar surface area (TPSA) is 38.4 Å². The van der Waals surface area contributed by atoms with Crippen LogP contribution >= 0.6 is 50.4 Å². The first kappa shape index (κ1) is 8.22. The molecule has 0 amide bonds. The summed E-state index contributed by atoms with van der Waals surface area (Å²) in [4.78, 5) is 4.13. The summed E-state index contributed by atoms with van der Waals surface area (Å²) in [5, 5.41) is 0.706. The average molecular weight is 292 g/mol. The lowest BCUT2D eigenvalue weighted by molar-refractivity contribution is 1.72. The number of nitrogens with two attached hydrogens (primary N) is 1. The van der Waals surface area contributed by atoms with Crippen molar-refractivity contribution in [2.75, 3.05) is 6.26 Å². The molecule has 0 aliphatic carbocycles. The normalized spacial score (nSPS) is 26.7. The molecule has 1 unspecified atom stereocenters. The molecule has 0 aromatic rings. The van der Waals surface area contributed by atoms with Crippen molar-refractivity contribution in [3.05, 3.63) is 0 Å². The Morgan fingerprint density at radius 1 is 1.89 bits per heavy atom. The number of aliphatic imine (C=N–C) groups is 1. The predicted octanol–water partition coefficient (Wildman–Crippen LogP) is 2.03. The molecule has 1 rings (SSSR count). The second kappa shape index (κ2) is 3.49. The van der Waals surface area contributed by atoms with Crippen LogP contribution in [0.3, 0.4) is 0 Å². The highest BCUT2D eigenvalue weighted by Crippen LogP contribution is 2.46. The summed E-state index contributed by atoms with van der Waals surface area (Å²) in [7, 11) is 1.64. The average Bonchev–Trinajstić information content (AvgIpc) is 2.10. The Morgan fingerprint density at radius 2 is 2.56 bits per heavy atom. The van der Waals surface area contributed by atoms with Gasteiger partial charge < -0.3 is 5.73 Å². The summed E-state index contributed by atoms with van der Waals surface area (Å²) in [5.41, 5.74) is 5.47. The van der Waals surface area contributed by atoms with E-state index < -0.39 is 0 Å². The van der Waals surface area contributed by atoms with Crippen LogP contribution in [0.15, 0.2) is 4.99 Å². The fourth-order valence-electron chi connectivity index (χ4n) is 0.366. The quantitative estimate of drug-likeness (QED) is 0.422. The van der Waals surface area contributed by atoms with E-state index in [2.05, 4.69) is 26.2 Å². The highest BCUT2D eigenvalue weighted by atomic mass is 127. The third-order valence-corrected chi connectivity index (χ3v) is 8.39. The fraction of sp³-hybridized carbons (Fsp3) is 0.333. The lowest BCUT2D eigenvalue weighted by Crippen LogP contribution is -2.02. The highest BCUT2D eigenvalue weighted by Gasteiger charge is 2.11. The number of hydrogen-bond donors (Lipinski definition) is 1. The van der Waals surface area contributed by atoms with E-state index in [0.29, 0.717) is 5.17 Å². The molecule has 0 bridgehead atoms. The molecular formula is C3H5IN2S3. The van der Waals surface area contributed by atoms with Gasteiger partial charge in [0.05, 0.1) is 0 Å². The number of nitrogens with zero attached hydrogens (tertiary/aromatic N) is 1. The first-order chi connectivity index (χ1) is 4.24. The van der Waals surface area contributed by atoms with Crippen LogP contribution in [0.5, 0.6) is 0 Å². The van der Waals surface area contributed by atoms with Crippen LogP contribution in [0.1, 0.15) is 0 Å². The number of amidine groups is 1. The third-order valence-electron chi connectivity index (χ3n) is 0.672. The monoisotopic (exact) mass is 292 g/mol. The molecule has 2 N–H and O–H groups in total. The second-order valence-electron chi connectivity index (χ2n) is 1.23. The molecule has 0 saturated heterocycles. The summed E-state index contributed by atoms with van der Waals surface area (Å²) < 4.78 is 1.15. The summed E-state index contributed by atoms with van der Waals surface area (Å²) in [5.74, 6) is 0. The molecular weight excluding hydrogens is 287 g/mol. The standard InChI is InChI=1S/C3H5IN2S3/c1-7-3-6-2(5)8-9(3)4/h1H3,(H2,5,6). The van der Waals surface area contributed by atoms with Crippen molar-refractivity contribution in [2.24, 2.45) is 10.7 Å². The van der Waals surface area contributed by atoms with Crippen molar-refractivity contribution in [1.29, 1.82) is 0 Å². The Balaban J connectivity index is 2.75. The minimum atomic E-state index is 0.197. The zero-order valence-corrected chi connectivity index (χ0v) is 9.23. The zero-order chi connectivity index (χ0) is 6.85. The molecule has 0 saturated carbocycles. The first-order valence-corrected chi connectivity index (χ1v) is 8.40. The third kappa shape index (κ3) is 2.02. The van der Waals surface area contributed by atoms with E-state index in [0.717, 1.165) is 4.32 Å². The van der Waals surface area contributed by atoms with Crippen molar-refractivity contribution < 1.29 is 0 Å². The smallest absolute Gasteiger partial charge is 0.171 e. The van der Waals surface area contributed by atoms with Crippen molar-refractivity contribution in [1.82, 2.24) is 0 Å². The molecule has 9 heavy (non-hydrogen) atoms. The summed E-state index contributed by atoms with van der Waals surface area (Å²) in [6.07, 6.45) is 2.02. The summed E-state index contributed by atoms with van der Waals surface area (Å²) >= 11 is 4.02. The van der Waals surface area contributed by atoms with Gasteiger partial charge in [-0.1, -0.05) is 0 Å². The SMILES string of the molecule is CSC1=S(I)SC(N)=N1. The van der Waals surface area contributed by atoms with E-state index in [1.54, 1.807) is 22.6 Å². The molecule has 0 aromatic carbocycles. The Morgan fingerprint density at radius 3 is 2.78 bits per heavy atom. The van der Waals surface area contributed by atoms with E-state index in [-0.39, 0.29) is 6.69 Å². The van der Waals surface area contributed by atoms with Crippen LogP contribution in [0.4, 0.5) is 0 Å². The number of halogens is 1. The van der Waals surface area contributed by atoms with Gasteiger partial charge in [-0.05, 0) is 23.7 Å². The van der Waals surface area contributed by atoms with Gasteiger partial charge in [-0.3, -0.25) is 0 Å². The molecule has 1 aliphatic rings. The van der Waals surface area contributed by atoms with Crippen LogP contribution in [0, 0.1) is 0 Å². The molecule has 1 aliphatic heterocycles. The van der Waals surface area contributed by atoms with Gasteiger partial charge in [-0.15, -0.1) is 11.8 Å². The van der Waals surface area contributed by atoms with Gasteiger partial charge >= 0.3 is 0 Å². The maximum absolute atomic E-state index is 5.47. The maximum atomic E-state index is 5.47. The van der Waals surface area contributed by atoms with E-state index in [1.165, 1.54) is 0 Å². The van der Waals surface area contributed by atoms with Gasteiger partial charge in [0.15, 0.2) is 5.17 Å². The molecule has 0 aromatic heterocycles. The van der Waals surface area contributed by atoms with E-state index in [9.17, 15) is 0 Å². The Bertz CT molecular complexity index is 187. The van der Waals surface area contributed by atoms with Gasteiger partial charge in [0.1, 0.15) is 4.32 Å². The van der Waals surface area contributed by atoms with Crippen LogP contribution in [0.25, 0.3) is 0 Å². The van der Waals surface area contributed by atoms with E-state index >= 15 is 0 Å². The molecule has 2 nitrogen and oxygen atoms in total. The number of rotatable bonds is 0. The highest BCUT2D eigenvalue weighted by molar-refractivity contribution is 14.2. The molecule has 0 fully saturated rings. The van der Waals surface area contributed by atoms with Gasteiger partial charge in [-0.2, -0.15) is 0 Å². The van der Waals surface area contributed by atoms with Crippen molar-refractivity contribution in [2.45, 2.75) is 0 Å². The van der Waals surface area contributed by atoms with E-state index in [1.807, 2.05) is 6.26 Å². The van der Waals surface area contributed by atoms with Crippen LogP contribution < -0.4 is 5.73 Å². The molecule has 0 spiro atoms. The van der Waals surface area contributed by atoms with Crippen LogP contribution in [-0.2, 0) is 0 Å². The largest absolute Gasteiger partial charge is 0.377 e. The van der Waals surface area contributed by atoms with Crippen molar-refractivity contribution >= 4 is 59.9 Å². The van der Waals surface area contributed by atoms with E-state index in [4.69, 9.17) is 5.73 Å². The molecule has 0 radical (unpaired) electrons. The lowest BCUT2D eigenvalue weighted by Gasteiger charge is -1.89. The van der Waals surface area contributed by atoms with Crippen LogP contribution in [-0.4, -0.2) is 15.7 Å². The lowest BCUT2D eigenvalue weighted by atomic mass is 11.2. The Hall–Kier alpha value is 1.12. The molecule has 52 valence electrons. The van der Waals surface area contributed by atoms with Crippen molar-refractivity contribution in [3.63, 3.8) is 0 Å². The predicted molar refractivity (Wildman–Crippen MR) is 59.3 cm³/mol.